The van der Waals surface area contributed by atoms with Gasteiger partial charge in [0, 0.05) is 35.6 Å². The molecule has 0 unspecified atom stereocenters. The van der Waals surface area contributed by atoms with Crippen LogP contribution in [0.3, 0.4) is 0 Å². The lowest BCUT2D eigenvalue weighted by Gasteiger charge is -2.37. The van der Waals surface area contributed by atoms with Crippen LogP contribution in [0.25, 0.3) is 11.4 Å². The molecule has 0 saturated heterocycles. The summed E-state index contributed by atoms with van der Waals surface area (Å²) in [5.74, 6) is 1.08. The van der Waals surface area contributed by atoms with E-state index in [2.05, 4.69) is 29.1 Å². The largest absolute Gasteiger partial charge is 0.349 e. The lowest BCUT2D eigenvalue weighted by atomic mass is 9.74. The molecule has 1 fully saturated rings. The number of fused-ring (bicyclic) bond motifs is 1. The van der Waals surface area contributed by atoms with Crippen molar-refractivity contribution < 1.29 is 4.79 Å². The molecule has 0 bridgehead atoms. The highest BCUT2D eigenvalue weighted by molar-refractivity contribution is 5.79. The van der Waals surface area contributed by atoms with Crippen LogP contribution in [0.15, 0.2) is 30.7 Å². The van der Waals surface area contributed by atoms with Crippen molar-refractivity contribution in [1.82, 2.24) is 20.3 Å². The molecule has 5 nitrogen and oxygen atoms in total. The zero-order chi connectivity index (χ0) is 18.9. The van der Waals surface area contributed by atoms with Gasteiger partial charge in [0.05, 0.1) is 11.7 Å². The van der Waals surface area contributed by atoms with Crippen molar-refractivity contribution in [3.8, 4) is 11.4 Å². The van der Waals surface area contributed by atoms with Gasteiger partial charge in [0.15, 0.2) is 5.82 Å². The number of carbonyl (C=O) groups is 1. The minimum absolute atomic E-state index is 0.00104. The van der Waals surface area contributed by atoms with Crippen LogP contribution in [0, 0.1) is 11.3 Å². The van der Waals surface area contributed by atoms with Gasteiger partial charge in [0.2, 0.25) is 5.91 Å². The third-order valence-electron chi connectivity index (χ3n) is 5.89. The second-order valence-electron chi connectivity index (χ2n) is 8.78. The first-order valence-electron chi connectivity index (χ1n) is 10.1. The summed E-state index contributed by atoms with van der Waals surface area (Å²) in [6.07, 6.45) is 12.9. The highest BCUT2D eigenvalue weighted by Gasteiger charge is 2.35. The lowest BCUT2D eigenvalue weighted by Crippen LogP contribution is -2.40. The van der Waals surface area contributed by atoms with E-state index in [0.29, 0.717) is 5.82 Å². The van der Waals surface area contributed by atoms with Crippen LogP contribution < -0.4 is 5.32 Å². The topological polar surface area (TPSA) is 67.8 Å². The number of aromatic nitrogens is 3. The molecule has 0 radical (unpaired) electrons. The van der Waals surface area contributed by atoms with Gasteiger partial charge in [-0.2, -0.15) is 0 Å². The maximum absolute atomic E-state index is 12.8. The maximum Gasteiger partial charge on any atom is 0.223 e. The summed E-state index contributed by atoms with van der Waals surface area (Å²) >= 11 is 0. The van der Waals surface area contributed by atoms with Crippen LogP contribution in [0.2, 0.25) is 0 Å². The molecule has 2 heterocycles. The Morgan fingerprint density at radius 1 is 1.19 bits per heavy atom. The first kappa shape index (κ1) is 18.1. The molecular weight excluding hydrogens is 336 g/mol. The predicted octanol–water partition coefficient (Wildman–Crippen LogP) is 4.25. The van der Waals surface area contributed by atoms with Gasteiger partial charge in [-0.15, -0.1) is 0 Å². The molecule has 0 spiro atoms. The van der Waals surface area contributed by atoms with E-state index in [1.165, 1.54) is 19.3 Å². The molecule has 2 aliphatic carbocycles. The van der Waals surface area contributed by atoms with Gasteiger partial charge in [0.25, 0.3) is 0 Å². The SMILES string of the molecule is CC1(C)Cc2nc(-c3cccnc3)ncc2[C@H](NC(=O)C2CCCCC2)C1. The summed E-state index contributed by atoms with van der Waals surface area (Å²) < 4.78 is 0. The molecule has 2 aromatic heterocycles. The molecule has 1 atom stereocenters. The Morgan fingerprint density at radius 3 is 2.74 bits per heavy atom. The lowest BCUT2D eigenvalue weighted by molar-refractivity contribution is -0.127. The fourth-order valence-corrected chi connectivity index (χ4v) is 4.46. The van der Waals surface area contributed by atoms with Crippen molar-refractivity contribution >= 4 is 5.91 Å². The zero-order valence-electron chi connectivity index (χ0n) is 16.2. The van der Waals surface area contributed by atoms with E-state index in [9.17, 15) is 4.79 Å². The first-order chi connectivity index (χ1) is 13.0. The molecule has 27 heavy (non-hydrogen) atoms. The molecule has 1 amide bonds. The van der Waals surface area contributed by atoms with Crippen LogP contribution in [0.1, 0.15) is 69.7 Å². The molecule has 4 rings (SSSR count). The average molecular weight is 364 g/mol. The van der Waals surface area contributed by atoms with Gasteiger partial charge in [-0.25, -0.2) is 9.97 Å². The minimum atomic E-state index is 0.00104. The Kier molecular flexibility index (Phi) is 4.94. The molecule has 2 aromatic rings. The summed E-state index contributed by atoms with van der Waals surface area (Å²) in [5.41, 5.74) is 3.14. The van der Waals surface area contributed by atoms with Crippen molar-refractivity contribution in [2.45, 2.75) is 64.8 Å². The van der Waals surface area contributed by atoms with Crippen molar-refractivity contribution in [2.75, 3.05) is 0 Å². The summed E-state index contributed by atoms with van der Waals surface area (Å²) in [4.78, 5) is 26.4. The minimum Gasteiger partial charge on any atom is -0.349 e. The predicted molar refractivity (Wildman–Crippen MR) is 105 cm³/mol. The third-order valence-corrected chi connectivity index (χ3v) is 5.89. The van der Waals surface area contributed by atoms with Gasteiger partial charge in [-0.3, -0.25) is 9.78 Å². The number of amides is 1. The Morgan fingerprint density at radius 2 is 2.00 bits per heavy atom. The van der Waals surface area contributed by atoms with E-state index in [-0.39, 0.29) is 23.3 Å². The van der Waals surface area contributed by atoms with E-state index >= 15 is 0 Å². The first-order valence-corrected chi connectivity index (χ1v) is 10.1. The van der Waals surface area contributed by atoms with Crippen LogP contribution in [0.5, 0.6) is 0 Å². The fraction of sp³-hybridized carbons (Fsp3) is 0.545. The summed E-state index contributed by atoms with van der Waals surface area (Å²) in [6.45, 7) is 4.50. The Hall–Kier alpha value is -2.30. The highest BCUT2D eigenvalue weighted by Crippen LogP contribution is 2.40. The van der Waals surface area contributed by atoms with Gasteiger partial charge < -0.3 is 5.32 Å². The number of pyridine rings is 1. The smallest absolute Gasteiger partial charge is 0.223 e. The van der Waals surface area contributed by atoms with Gasteiger partial charge in [0.1, 0.15) is 0 Å². The molecule has 0 aliphatic heterocycles. The van der Waals surface area contributed by atoms with E-state index < -0.39 is 0 Å². The summed E-state index contributed by atoms with van der Waals surface area (Å²) in [7, 11) is 0. The summed E-state index contributed by atoms with van der Waals surface area (Å²) in [5, 5.41) is 3.33. The van der Waals surface area contributed by atoms with Crippen LogP contribution in [-0.4, -0.2) is 20.9 Å². The van der Waals surface area contributed by atoms with Crippen LogP contribution in [-0.2, 0) is 11.2 Å². The average Bonchev–Trinajstić information content (AvgIpc) is 2.68. The normalized spacial score (nSPS) is 22.1. The van der Waals surface area contributed by atoms with Crippen molar-refractivity contribution in [3.63, 3.8) is 0 Å². The van der Waals surface area contributed by atoms with E-state index in [1.807, 2.05) is 18.3 Å². The van der Waals surface area contributed by atoms with Gasteiger partial charge in [-0.1, -0.05) is 33.1 Å². The maximum atomic E-state index is 12.8. The Bertz CT molecular complexity index is 812. The molecular formula is C22H28N4O. The van der Waals surface area contributed by atoms with E-state index in [4.69, 9.17) is 4.98 Å². The fourth-order valence-electron chi connectivity index (χ4n) is 4.46. The number of carbonyl (C=O) groups excluding carboxylic acids is 1. The second-order valence-corrected chi connectivity index (χ2v) is 8.78. The summed E-state index contributed by atoms with van der Waals surface area (Å²) in [6, 6.07) is 3.88. The number of hydrogen-bond acceptors (Lipinski definition) is 4. The van der Waals surface area contributed by atoms with Crippen LogP contribution in [0.4, 0.5) is 0 Å². The van der Waals surface area contributed by atoms with E-state index in [0.717, 1.165) is 42.5 Å². The number of nitrogens with one attached hydrogen (secondary N) is 1. The standard InChI is InChI=1S/C22H28N4O/c1-22(2)11-18-17(14-24-20(25-18)16-9-6-10-23-13-16)19(12-22)26-21(27)15-7-4-3-5-8-15/h6,9-10,13-15,19H,3-5,7-8,11-12H2,1-2H3,(H,26,27)/t19-/m1/s1. The van der Waals surface area contributed by atoms with Crippen molar-refractivity contribution in [1.29, 1.82) is 0 Å². The molecule has 142 valence electrons. The number of hydrogen-bond donors (Lipinski definition) is 1. The van der Waals surface area contributed by atoms with Gasteiger partial charge >= 0.3 is 0 Å². The molecule has 1 saturated carbocycles. The van der Waals surface area contributed by atoms with Crippen LogP contribution >= 0.6 is 0 Å². The van der Waals surface area contributed by atoms with Crippen molar-refractivity contribution in [3.05, 3.63) is 42.0 Å². The molecule has 2 aliphatic rings. The molecule has 1 N–H and O–H groups in total. The quantitative estimate of drug-likeness (QED) is 0.884. The van der Waals surface area contributed by atoms with E-state index in [1.54, 1.807) is 12.4 Å². The zero-order valence-corrected chi connectivity index (χ0v) is 16.2. The Balaban J connectivity index is 1.60. The highest BCUT2D eigenvalue weighted by atomic mass is 16.1. The van der Waals surface area contributed by atoms with Gasteiger partial charge in [-0.05, 0) is 43.2 Å². The molecule has 0 aromatic carbocycles. The number of rotatable bonds is 3. The third kappa shape index (κ3) is 4.02. The molecule has 5 heteroatoms. The Labute approximate surface area is 161 Å². The number of nitrogens with zero attached hydrogens (tertiary/aromatic N) is 3. The second kappa shape index (κ2) is 7.37. The monoisotopic (exact) mass is 364 g/mol. The van der Waals surface area contributed by atoms with Crippen molar-refractivity contribution in [2.24, 2.45) is 11.3 Å².